The van der Waals surface area contributed by atoms with Crippen molar-refractivity contribution in [3.05, 3.63) is 29.8 Å². The highest BCUT2D eigenvalue weighted by atomic mass is 16.5. The van der Waals surface area contributed by atoms with Crippen LogP contribution in [0.5, 0.6) is 5.75 Å². The standard InChI is InChI=1S/C20H29NO3/c1-15-9-11-16(12-10-15)21(2)20(22)18-7-3-4-8-19(18)24-14-17-6-5-13-23-17/h3-4,7-8,15-17H,5-6,9-14H2,1-2H3. The van der Waals surface area contributed by atoms with Crippen LogP contribution in [0.3, 0.4) is 0 Å². The van der Waals surface area contributed by atoms with Crippen LogP contribution < -0.4 is 4.74 Å². The van der Waals surface area contributed by atoms with E-state index in [1.807, 2.05) is 36.2 Å². The zero-order valence-electron chi connectivity index (χ0n) is 14.9. The number of para-hydroxylation sites is 1. The van der Waals surface area contributed by atoms with E-state index in [9.17, 15) is 4.79 Å². The van der Waals surface area contributed by atoms with Crippen molar-refractivity contribution in [2.75, 3.05) is 20.3 Å². The minimum absolute atomic E-state index is 0.0671. The maximum absolute atomic E-state index is 13.0. The second kappa shape index (κ2) is 8.02. The quantitative estimate of drug-likeness (QED) is 0.821. The third kappa shape index (κ3) is 4.10. The summed E-state index contributed by atoms with van der Waals surface area (Å²) >= 11 is 0. The molecule has 1 aliphatic carbocycles. The lowest BCUT2D eigenvalue weighted by Gasteiger charge is -2.34. The Morgan fingerprint density at radius 1 is 1.21 bits per heavy atom. The SMILES string of the molecule is CC1CCC(N(C)C(=O)c2ccccc2OCC2CCCO2)CC1. The summed E-state index contributed by atoms with van der Waals surface area (Å²) in [7, 11) is 1.93. The highest BCUT2D eigenvalue weighted by Gasteiger charge is 2.27. The molecule has 1 aromatic rings. The Kier molecular flexibility index (Phi) is 5.77. The van der Waals surface area contributed by atoms with Gasteiger partial charge < -0.3 is 14.4 Å². The monoisotopic (exact) mass is 331 g/mol. The van der Waals surface area contributed by atoms with Crippen LogP contribution in [-0.4, -0.2) is 43.2 Å². The van der Waals surface area contributed by atoms with Crippen LogP contribution in [0.2, 0.25) is 0 Å². The fourth-order valence-corrected chi connectivity index (χ4v) is 3.71. The molecule has 0 N–H and O–H groups in total. The number of hydrogen-bond donors (Lipinski definition) is 0. The summed E-state index contributed by atoms with van der Waals surface area (Å²) in [6, 6.07) is 7.93. The van der Waals surface area contributed by atoms with Crippen molar-refractivity contribution in [3.8, 4) is 5.75 Å². The highest BCUT2D eigenvalue weighted by Crippen LogP contribution is 2.29. The summed E-state index contributed by atoms with van der Waals surface area (Å²) < 4.78 is 11.5. The average Bonchev–Trinajstić information content (AvgIpc) is 3.13. The Balaban J connectivity index is 1.65. The Morgan fingerprint density at radius 2 is 1.96 bits per heavy atom. The van der Waals surface area contributed by atoms with Gasteiger partial charge in [0.1, 0.15) is 12.4 Å². The van der Waals surface area contributed by atoms with Crippen molar-refractivity contribution in [2.24, 2.45) is 5.92 Å². The zero-order chi connectivity index (χ0) is 16.9. The molecule has 0 bridgehead atoms. The number of amides is 1. The van der Waals surface area contributed by atoms with Gasteiger partial charge >= 0.3 is 0 Å². The van der Waals surface area contributed by atoms with Gasteiger partial charge in [0.05, 0.1) is 11.7 Å². The molecule has 1 aliphatic heterocycles. The second-order valence-corrected chi connectivity index (χ2v) is 7.27. The van der Waals surface area contributed by atoms with Gasteiger partial charge in [-0.25, -0.2) is 0 Å². The lowest BCUT2D eigenvalue weighted by atomic mass is 9.86. The van der Waals surface area contributed by atoms with E-state index in [0.29, 0.717) is 24.0 Å². The molecule has 1 saturated carbocycles. The van der Waals surface area contributed by atoms with Gasteiger partial charge in [-0.15, -0.1) is 0 Å². The summed E-state index contributed by atoms with van der Waals surface area (Å²) in [6.07, 6.45) is 6.91. The highest BCUT2D eigenvalue weighted by molar-refractivity contribution is 5.97. The van der Waals surface area contributed by atoms with Gasteiger partial charge in [0.15, 0.2) is 0 Å². The molecule has 1 heterocycles. The van der Waals surface area contributed by atoms with Gasteiger partial charge in [-0.3, -0.25) is 4.79 Å². The first kappa shape index (κ1) is 17.3. The molecular weight excluding hydrogens is 302 g/mol. The van der Waals surface area contributed by atoms with E-state index in [1.165, 1.54) is 12.8 Å². The van der Waals surface area contributed by atoms with E-state index in [-0.39, 0.29) is 12.0 Å². The third-order valence-electron chi connectivity index (χ3n) is 5.42. The first-order valence-corrected chi connectivity index (χ1v) is 9.25. The van der Waals surface area contributed by atoms with E-state index < -0.39 is 0 Å². The third-order valence-corrected chi connectivity index (χ3v) is 5.42. The average molecular weight is 331 g/mol. The number of benzene rings is 1. The predicted octanol–water partition coefficient (Wildman–Crippen LogP) is 3.90. The number of carbonyl (C=O) groups excluding carboxylic acids is 1. The fraction of sp³-hybridized carbons (Fsp3) is 0.650. The van der Waals surface area contributed by atoms with Gasteiger partial charge in [-0.1, -0.05) is 19.1 Å². The second-order valence-electron chi connectivity index (χ2n) is 7.27. The fourth-order valence-electron chi connectivity index (χ4n) is 3.71. The predicted molar refractivity (Wildman–Crippen MR) is 94.4 cm³/mol. The minimum Gasteiger partial charge on any atom is -0.490 e. The summed E-state index contributed by atoms with van der Waals surface area (Å²) in [5, 5.41) is 0. The van der Waals surface area contributed by atoms with Crippen LogP contribution in [0, 0.1) is 5.92 Å². The molecule has 1 unspecified atom stereocenters. The summed E-state index contributed by atoms with van der Waals surface area (Å²) in [6.45, 7) is 3.64. The zero-order valence-corrected chi connectivity index (χ0v) is 14.9. The number of rotatable bonds is 5. The molecule has 0 aromatic heterocycles. The molecule has 4 nitrogen and oxygen atoms in total. The Hall–Kier alpha value is -1.55. The molecule has 1 aromatic carbocycles. The Bertz CT molecular complexity index is 546. The van der Waals surface area contributed by atoms with Gasteiger partial charge in [0.25, 0.3) is 5.91 Å². The number of nitrogens with zero attached hydrogens (tertiary/aromatic N) is 1. The van der Waals surface area contributed by atoms with E-state index >= 15 is 0 Å². The summed E-state index contributed by atoms with van der Waals surface area (Å²) in [5.74, 6) is 1.53. The molecule has 0 spiro atoms. The number of carbonyl (C=O) groups is 1. The van der Waals surface area contributed by atoms with Gasteiger partial charge in [-0.05, 0) is 56.6 Å². The number of hydrogen-bond acceptors (Lipinski definition) is 3. The van der Waals surface area contributed by atoms with Crippen LogP contribution >= 0.6 is 0 Å². The maximum Gasteiger partial charge on any atom is 0.257 e. The van der Waals surface area contributed by atoms with Gasteiger partial charge in [0, 0.05) is 19.7 Å². The van der Waals surface area contributed by atoms with E-state index in [0.717, 1.165) is 38.2 Å². The van der Waals surface area contributed by atoms with Crippen LogP contribution in [0.15, 0.2) is 24.3 Å². The van der Waals surface area contributed by atoms with Crippen molar-refractivity contribution >= 4 is 5.91 Å². The summed E-state index contributed by atoms with van der Waals surface area (Å²) in [5.41, 5.74) is 0.664. The van der Waals surface area contributed by atoms with Gasteiger partial charge in [-0.2, -0.15) is 0 Å². The molecule has 132 valence electrons. The molecule has 2 aliphatic rings. The van der Waals surface area contributed by atoms with Crippen LogP contribution in [0.4, 0.5) is 0 Å². The van der Waals surface area contributed by atoms with Crippen molar-refractivity contribution < 1.29 is 14.3 Å². The lowest BCUT2D eigenvalue weighted by Crippen LogP contribution is -2.39. The molecular formula is C20H29NO3. The van der Waals surface area contributed by atoms with Crippen molar-refractivity contribution in [1.29, 1.82) is 0 Å². The Labute approximate surface area is 145 Å². The maximum atomic E-state index is 13.0. The lowest BCUT2D eigenvalue weighted by molar-refractivity contribution is 0.0624. The van der Waals surface area contributed by atoms with E-state index in [2.05, 4.69) is 6.92 Å². The molecule has 0 radical (unpaired) electrons. The molecule has 3 rings (SSSR count). The number of ether oxygens (including phenoxy) is 2. The van der Waals surface area contributed by atoms with Crippen LogP contribution in [0.25, 0.3) is 0 Å². The molecule has 1 atom stereocenters. The van der Waals surface area contributed by atoms with Crippen LogP contribution in [-0.2, 0) is 4.74 Å². The van der Waals surface area contributed by atoms with E-state index in [1.54, 1.807) is 0 Å². The molecule has 2 fully saturated rings. The topological polar surface area (TPSA) is 38.8 Å². The normalized spacial score (nSPS) is 27.0. The molecule has 24 heavy (non-hydrogen) atoms. The minimum atomic E-state index is 0.0671. The van der Waals surface area contributed by atoms with Crippen molar-refractivity contribution in [2.45, 2.75) is 57.6 Å². The van der Waals surface area contributed by atoms with Crippen LogP contribution in [0.1, 0.15) is 55.8 Å². The van der Waals surface area contributed by atoms with Crippen molar-refractivity contribution in [1.82, 2.24) is 4.90 Å². The first-order chi connectivity index (χ1) is 11.6. The van der Waals surface area contributed by atoms with Gasteiger partial charge in [0.2, 0.25) is 0 Å². The molecule has 4 heteroatoms. The first-order valence-electron chi connectivity index (χ1n) is 9.25. The smallest absolute Gasteiger partial charge is 0.257 e. The van der Waals surface area contributed by atoms with Crippen molar-refractivity contribution in [3.63, 3.8) is 0 Å². The Morgan fingerprint density at radius 3 is 2.67 bits per heavy atom. The summed E-state index contributed by atoms with van der Waals surface area (Å²) in [4.78, 5) is 14.9. The van der Waals surface area contributed by atoms with E-state index in [4.69, 9.17) is 9.47 Å². The largest absolute Gasteiger partial charge is 0.490 e. The molecule has 1 amide bonds. The molecule has 1 saturated heterocycles.